The number of hydrogen-bond acceptors (Lipinski definition) is 5. The largest absolute Gasteiger partial charge is 0.323 e. The van der Waals surface area contributed by atoms with Crippen LogP contribution in [0.1, 0.15) is 26.7 Å². The van der Waals surface area contributed by atoms with Gasteiger partial charge in [0.15, 0.2) is 9.84 Å². The average molecular weight is 294 g/mol. The number of thioether (sulfide) groups is 1. The van der Waals surface area contributed by atoms with Crippen molar-refractivity contribution < 1.29 is 13.2 Å². The van der Waals surface area contributed by atoms with Gasteiger partial charge in [-0.25, -0.2) is 8.42 Å². The van der Waals surface area contributed by atoms with Crippen LogP contribution in [0, 0.1) is 0 Å². The van der Waals surface area contributed by atoms with Crippen molar-refractivity contribution in [2.45, 2.75) is 38.1 Å². The SMILES string of the molecule is CCCC(N)C(=O)N1CCSCC1S(=O)(=O)CC. The van der Waals surface area contributed by atoms with Crippen molar-refractivity contribution in [1.82, 2.24) is 4.90 Å². The van der Waals surface area contributed by atoms with Crippen molar-refractivity contribution in [3.8, 4) is 0 Å². The van der Waals surface area contributed by atoms with E-state index in [0.717, 1.165) is 12.2 Å². The maximum absolute atomic E-state index is 12.2. The molecule has 1 fully saturated rings. The summed E-state index contributed by atoms with van der Waals surface area (Å²) in [6.07, 6.45) is 1.42. The molecule has 1 amide bonds. The smallest absolute Gasteiger partial charge is 0.240 e. The van der Waals surface area contributed by atoms with E-state index in [-0.39, 0.29) is 11.7 Å². The Balaban J connectivity index is 2.86. The molecule has 5 nitrogen and oxygen atoms in total. The van der Waals surface area contributed by atoms with E-state index >= 15 is 0 Å². The number of carbonyl (C=O) groups is 1. The van der Waals surface area contributed by atoms with Crippen molar-refractivity contribution in [3.05, 3.63) is 0 Å². The second-order valence-corrected chi connectivity index (χ2v) is 8.00. The molecule has 0 bridgehead atoms. The van der Waals surface area contributed by atoms with Crippen molar-refractivity contribution in [2.24, 2.45) is 5.73 Å². The zero-order valence-corrected chi connectivity index (χ0v) is 12.6. The summed E-state index contributed by atoms with van der Waals surface area (Å²) in [5, 5.41) is -0.698. The second-order valence-electron chi connectivity index (χ2n) is 4.41. The third-order valence-corrected chi connectivity index (χ3v) is 6.39. The van der Waals surface area contributed by atoms with Crippen LogP contribution < -0.4 is 5.73 Å². The van der Waals surface area contributed by atoms with Crippen LogP contribution in [0.4, 0.5) is 0 Å². The van der Waals surface area contributed by atoms with Crippen LogP contribution in [-0.2, 0) is 14.6 Å². The molecule has 0 spiro atoms. The van der Waals surface area contributed by atoms with Crippen LogP contribution >= 0.6 is 11.8 Å². The van der Waals surface area contributed by atoms with Crippen molar-refractivity contribution in [2.75, 3.05) is 23.8 Å². The maximum Gasteiger partial charge on any atom is 0.240 e. The van der Waals surface area contributed by atoms with Crippen LogP contribution in [0.25, 0.3) is 0 Å². The fourth-order valence-electron chi connectivity index (χ4n) is 1.97. The van der Waals surface area contributed by atoms with Crippen molar-refractivity contribution in [3.63, 3.8) is 0 Å². The summed E-state index contributed by atoms with van der Waals surface area (Å²) in [7, 11) is -3.24. The first-order valence-electron chi connectivity index (χ1n) is 6.29. The molecule has 2 N–H and O–H groups in total. The molecule has 1 heterocycles. The minimum absolute atomic E-state index is 0.0605. The van der Waals surface area contributed by atoms with Gasteiger partial charge in [0.25, 0.3) is 0 Å². The predicted octanol–water partition coefficient (Wildman–Crippen LogP) is 0.450. The Labute approximate surface area is 113 Å². The molecule has 0 radical (unpaired) electrons. The van der Waals surface area contributed by atoms with Gasteiger partial charge in [-0.15, -0.1) is 0 Å². The molecule has 18 heavy (non-hydrogen) atoms. The van der Waals surface area contributed by atoms with Gasteiger partial charge in [-0.3, -0.25) is 4.79 Å². The van der Waals surface area contributed by atoms with Gasteiger partial charge in [0.05, 0.1) is 6.04 Å². The van der Waals surface area contributed by atoms with Gasteiger partial charge in [-0.2, -0.15) is 11.8 Å². The predicted molar refractivity (Wildman–Crippen MR) is 75.2 cm³/mol. The Kier molecular flexibility index (Phi) is 5.94. The third kappa shape index (κ3) is 3.61. The molecule has 0 aliphatic carbocycles. The molecule has 2 atom stereocenters. The normalized spacial score (nSPS) is 22.8. The first kappa shape index (κ1) is 15.8. The highest BCUT2D eigenvalue weighted by Gasteiger charge is 2.37. The number of sulfone groups is 1. The monoisotopic (exact) mass is 294 g/mol. The number of nitrogens with zero attached hydrogens (tertiary/aromatic N) is 1. The quantitative estimate of drug-likeness (QED) is 0.796. The lowest BCUT2D eigenvalue weighted by Gasteiger charge is -2.36. The molecule has 1 aliphatic rings. The van der Waals surface area contributed by atoms with Gasteiger partial charge in [0.1, 0.15) is 5.37 Å². The summed E-state index contributed by atoms with van der Waals surface area (Å²) in [5.74, 6) is 1.07. The highest BCUT2D eigenvalue weighted by Crippen LogP contribution is 2.22. The van der Waals surface area contributed by atoms with Crippen LogP contribution in [0.2, 0.25) is 0 Å². The lowest BCUT2D eigenvalue weighted by atomic mass is 10.1. The molecule has 0 aromatic rings. The van der Waals surface area contributed by atoms with Gasteiger partial charge >= 0.3 is 0 Å². The fourth-order valence-corrected chi connectivity index (χ4v) is 4.94. The van der Waals surface area contributed by atoms with Gasteiger partial charge in [0, 0.05) is 23.8 Å². The molecule has 106 valence electrons. The maximum atomic E-state index is 12.2. The lowest BCUT2D eigenvalue weighted by Crippen LogP contribution is -2.55. The molecule has 2 unspecified atom stereocenters. The molecule has 0 aromatic carbocycles. The summed E-state index contributed by atoms with van der Waals surface area (Å²) < 4.78 is 24.0. The van der Waals surface area contributed by atoms with Crippen molar-refractivity contribution in [1.29, 1.82) is 0 Å². The van der Waals surface area contributed by atoms with Gasteiger partial charge < -0.3 is 10.6 Å². The standard InChI is InChI=1S/C11H22N2O3S2/c1-3-5-9(12)11(14)13-6-7-17-8-10(13)18(15,16)4-2/h9-10H,3-8,12H2,1-2H3. The molecular weight excluding hydrogens is 272 g/mol. The van der Waals surface area contributed by atoms with Crippen LogP contribution in [-0.4, -0.2) is 54.4 Å². The number of rotatable bonds is 5. The van der Waals surface area contributed by atoms with E-state index < -0.39 is 21.3 Å². The minimum atomic E-state index is -3.24. The minimum Gasteiger partial charge on any atom is -0.323 e. The van der Waals surface area contributed by atoms with Crippen LogP contribution in [0.5, 0.6) is 0 Å². The first-order valence-corrected chi connectivity index (χ1v) is 9.16. The summed E-state index contributed by atoms with van der Waals surface area (Å²) in [6.45, 7) is 4.05. The second kappa shape index (κ2) is 6.77. The Hall–Kier alpha value is -0.270. The molecule has 1 aliphatic heterocycles. The van der Waals surface area contributed by atoms with E-state index in [1.807, 2.05) is 6.92 Å². The van der Waals surface area contributed by atoms with E-state index in [9.17, 15) is 13.2 Å². The molecule has 0 saturated carbocycles. The Morgan fingerprint density at radius 2 is 2.17 bits per heavy atom. The van der Waals surface area contributed by atoms with Crippen LogP contribution in [0.15, 0.2) is 0 Å². The first-order chi connectivity index (χ1) is 8.44. The summed E-state index contributed by atoms with van der Waals surface area (Å²) >= 11 is 1.58. The summed E-state index contributed by atoms with van der Waals surface area (Å²) in [6, 6.07) is -0.576. The average Bonchev–Trinajstić information content (AvgIpc) is 2.38. The molecule has 1 rings (SSSR count). The molecule has 7 heteroatoms. The summed E-state index contributed by atoms with van der Waals surface area (Å²) in [5.41, 5.74) is 5.81. The number of nitrogens with two attached hydrogens (primary N) is 1. The van der Waals surface area contributed by atoms with E-state index in [4.69, 9.17) is 5.73 Å². The van der Waals surface area contributed by atoms with Crippen molar-refractivity contribution >= 4 is 27.5 Å². The van der Waals surface area contributed by atoms with E-state index in [1.54, 1.807) is 18.7 Å². The van der Waals surface area contributed by atoms with E-state index in [2.05, 4.69) is 0 Å². The highest BCUT2D eigenvalue weighted by molar-refractivity contribution is 8.01. The zero-order chi connectivity index (χ0) is 13.8. The molecule has 1 saturated heterocycles. The van der Waals surface area contributed by atoms with Crippen LogP contribution in [0.3, 0.4) is 0 Å². The van der Waals surface area contributed by atoms with Gasteiger partial charge in [-0.1, -0.05) is 20.3 Å². The Bertz CT molecular complexity index is 384. The summed E-state index contributed by atoms with van der Waals surface area (Å²) in [4.78, 5) is 13.7. The Morgan fingerprint density at radius 3 is 2.72 bits per heavy atom. The molecular formula is C11H22N2O3S2. The Morgan fingerprint density at radius 1 is 1.50 bits per heavy atom. The molecule has 0 aromatic heterocycles. The number of carbonyl (C=O) groups excluding carboxylic acids is 1. The van der Waals surface area contributed by atoms with Gasteiger partial charge in [0.2, 0.25) is 5.91 Å². The van der Waals surface area contributed by atoms with E-state index in [1.165, 1.54) is 4.90 Å². The van der Waals surface area contributed by atoms with Gasteiger partial charge in [-0.05, 0) is 6.42 Å². The number of amides is 1. The third-order valence-electron chi connectivity index (χ3n) is 3.10. The lowest BCUT2D eigenvalue weighted by molar-refractivity contribution is -0.133. The highest BCUT2D eigenvalue weighted by atomic mass is 32.2. The topological polar surface area (TPSA) is 80.5 Å². The zero-order valence-electron chi connectivity index (χ0n) is 11.0. The fraction of sp³-hybridized carbons (Fsp3) is 0.909. The number of hydrogen-bond donors (Lipinski definition) is 1. The van der Waals surface area contributed by atoms with E-state index in [0.29, 0.717) is 18.7 Å².